The van der Waals surface area contributed by atoms with Crippen molar-refractivity contribution >= 4 is 34.8 Å². The number of anilines is 1. The van der Waals surface area contributed by atoms with Gasteiger partial charge in [0.05, 0.1) is 5.71 Å². The van der Waals surface area contributed by atoms with Crippen LogP contribution in [0.1, 0.15) is 40.4 Å². The van der Waals surface area contributed by atoms with Gasteiger partial charge in [-0.15, -0.1) is 0 Å². The SMILES string of the molecule is CCN1OC[C@@H](NC(=O)c2ccc(C3=NOC(c4cc(N)cc(Cl)c4)(C(F)(F)F)C3)cc2C)C1=O. The number of nitrogens with two attached hydrogens (primary N) is 1. The highest BCUT2D eigenvalue weighted by Gasteiger charge is 2.62. The first-order valence-corrected chi connectivity index (χ1v) is 11.1. The summed E-state index contributed by atoms with van der Waals surface area (Å²) in [4.78, 5) is 35.1. The molecule has 0 aromatic heterocycles. The van der Waals surface area contributed by atoms with Crippen LogP contribution in [0, 0.1) is 6.92 Å². The summed E-state index contributed by atoms with van der Waals surface area (Å²) in [6.07, 6.45) is -5.42. The molecule has 2 aromatic carbocycles. The molecule has 12 heteroatoms. The van der Waals surface area contributed by atoms with Crippen LogP contribution in [0.5, 0.6) is 0 Å². The first-order valence-electron chi connectivity index (χ1n) is 10.7. The molecular formula is C23H22ClF3N4O4. The average molecular weight is 511 g/mol. The zero-order valence-electron chi connectivity index (χ0n) is 18.8. The van der Waals surface area contributed by atoms with Gasteiger partial charge in [0.25, 0.3) is 17.4 Å². The number of rotatable bonds is 5. The van der Waals surface area contributed by atoms with Crippen LogP contribution in [0.3, 0.4) is 0 Å². The largest absolute Gasteiger partial charge is 0.435 e. The quantitative estimate of drug-likeness (QED) is 0.597. The predicted octanol–water partition coefficient (Wildman–Crippen LogP) is 3.70. The molecule has 8 nitrogen and oxygen atoms in total. The molecule has 1 unspecified atom stereocenters. The molecular weight excluding hydrogens is 489 g/mol. The molecule has 0 radical (unpaired) electrons. The Kier molecular flexibility index (Phi) is 6.41. The molecule has 186 valence electrons. The average Bonchev–Trinajstić information content (AvgIpc) is 3.38. The monoisotopic (exact) mass is 510 g/mol. The number of oxime groups is 1. The number of likely N-dealkylation sites (N-methyl/N-ethyl adjacent to an activating group) is 1. The summed E-state index contributed by atoms with van der Waals surface area (Å²) >= 11 is 5.94. The number of aryl methyl sites for hydroxylation is 1. The third-order valence-corrected chi connectivity index (χ3v) is 6.13. The lowest BCUT2D eigenvalue weighted by Gasteiger charge is -2.29. The molecule has 0 spiro atoms. The summed E-state index contributed by atoms with van der Waals surface area (Å²) in [5.41, 5.74) is 3.92. The number of carbonyl (C=O) groups is 2. The number of hydrogen-bond donors (Lipinski definition) is 2. The lowest BCUT2D eigenvalue weighted by Crippen LogP contribution is -2.43. The lowest BCUT2D eigenvalue weighted by molar-refractivity contribution is -0.275. The summed E-state index contributed by atoms with van der Waals surface area (Å²) < 4.78 is 42.6. The summed E-state index contributed by atoms with van der Waals surface area (Å²) in [6.45, 7) is 3.76. The van der Waals surface area contributed by atoms with E-state index >= 15 is 0 Å². The molecule has 2 amide bonds. The molecule has 2 heterocycles. The summed E-state index contributed by atoms with van der Waals surface area (Å²) in [7, 11) is 0. The van der Waals surface area contributed by atoms with Crippen LogP contribution in [0.15, 0.2) is 41.6 Å². The fourth-order valence-corrected chi connectivity index (χ4v) is 4.31. The number of carbonyl (C=O) groups excluding carboxylic acids is 2. The molecule has 0 bridgehead atoms. The Labute approximate surface area is 203 Å². The van der Waals surface area contributed by atoms with Crippen LogP contribution in [-0.2, 0) is 20.1 Å². The molecule has 2 aliphatic rings. The third kappa shape index (κ3) is 4.53. The maximum absolute atomic E-state index is 14.2. The van der Waals surface area contributed by atoms with E-state index in [9.17, 15) is 22.8 Å². The van der Waals surface area contributed by atoms with E-state index in [2.05, 4.69) is 10.5 Å². The standard InChI is InChI=1S/C23H22ClF3N4O4/c1-3-31-21(33)19(11-34-31)29-20(32)17-5-4-13(6-12(17)2)18-10-22(35-30-18,23(25,26)27)14-7-15(24)9-16(28)8-14/h4-9,19H,3,10-11,28H2,1-2H3,(H,29,32)/t19-,22?/m1/s1. The number of alkyl halides is 3. The van der Waals surface area contributed by atoms with Crippen molar-refractivity contribution in [3.63, 3.8) is 0 Å². The molecule has 0 aliphatic carbocycles. The van der Waals surface area contributed by atoms with E-state index in [-0.39, 0.29) is 40.1 Å². The van der Waals surface area contributed by atoms with Gasteiger partial charge in [-0.3, -0.25) is 14.4 Å². The van der Waals surface area contributed by atoms with Gasteiger partial charge in [-0.1, -0.05) is 22.8 Å². The van der Waals surface area contributed by atoms with Crippen LogP contribution in [-0.4, -0.2) is 48.0 Å². The van der Waals surface area contributed by atoms with E-state index in [1.165, 1.54) is 23.3 Å². The second-order valence-electron chi connectivity index (χ2n) is 8.29. The van der Waals surface area contributed by atoms with Crippen molar-refractivity contribution in [1.29, 1.82) is 0 Å². The number of nitrogens with zero attached hydrogens (tertiary/aromatic N) is 2. The molecule has 1 saturated heterocycles. The van der Waals surface area contributed by atoms with Gasteiger partial charge < -0.3 is 15.9 Å². The highest BCUT2D eigenvalue weighted by molar-refractivity contribution is 6.31. The Balaban J connectivity index is 1.56. The van der Waals surface area contributed by atoms with Crippen LogP contribution in [0.25, 0.3) is 0 Å². The van der Waals surface area contributed by atoms with E-state index in [1.807, 2.05) is 0 Å². The third-order valence-electron chi connectivity index (χ3n) is 5.91. The maximum atomic E-state index is 14.2. The summed E-state index contributed by atoms with van der Waals surface area (Å²) in [5, 5.41) is 7.56. The fourth-order valence-electron chi connectivity index (χ4n) is 4.06. The van der Waals surface area contributed by atoms with Gasteiger partial charge in [0.2, 0.25) is 0 Å². The summed E-state index contributed by atoms with van der Waals surface area (Å²) in [5.74, 6) is -0.852. The van der Waals surface area contributed by atoms with E-state index in [1.54, 1.807) is 19.9 Å². The molecule has 35 heavy (non-hydrogen) atoms. The Hall–Kier alpha value is -3.31. The zero-order valence-corrected chi connectivity index (χ0v) is 19.5. The van der Waals surface area contributed by atoms with Gasteiger partial charge in [0, 0.05) is 34.8 Å². The Morgan fingerprint density at radius 1 is 1.31 bits per heavy atom. The molecule has 0 saturated carbocycles. The van der Waals surface area contributed by atoms with E-state index in [0.717, 1.165) is 12.1 Å². The second-order valence-corrected chi connectivity index (χ2v) is 8.72. The Morgan fingerprint density at radius 3 is 2.66 bits per heavy atom. The van der Waals surface area contributed by atoms with Crippen LogP contribution in [0.2, 0.25) is 5.02 Å². The second kappa shape index (κ2) is 9.04. The van der Waals surface area contributed by atoms with Gasteiger partial charge in [0.15, 0.2) is 0 Å². The van der Waals surface area contributed by atoms with Gasteiger partial charge in [-0.05, 0) is 55.3 Å². The molecule has 1 fully saturated rings. The predicted molar refractivity (Wildman–Crippen MR) is 122 cm³/mol. The van der Waals surface area contributed by atoms with Crippen molar-refractivity contribution in [3.8, 4) is 0 Å². The number of benzene rings is 2. The Bertz CT molecular complexity index is 1200. The molecule has 3 N–H and O–H groups in total. The van der Waals surface area contributed by atoms with Crippen molar-refractivity contribution < 1.29 is 32.4 Å². The van der Waals surface area contributed by atoms with E-state index < -0.39 is 30.1 Å². The normalized spacial score (nSPS) is 22.2. The molecule has 2 aliphatic heterocycles. The first kappa shape index (κ1) is 24.8. The number of nitrogens with one attached hydrogen (secondary N) is 1. The van der Waals surface area contributed by atoms with Crippen molar-refractivity contribution in [3.05, 3.63) is 63.7 Å². The number of hydrogen-bond acceptors (Lipinski definition) is 6. The summed E-state index contributed by atoms with van der Waals surface area (Å²) in [6, 6.07) is 7.32. The zero-order chi connectivity index (χ0) is 25.5. The molecule has 2 atom stereocenters. The lowest BCUT2D eigenvalue weighted by atomic mass is 9.86. The number of nitrogen functional groups attached to an aromatic ring is 1. The first-order chi connectivity index (χ1) is 16.4. The van der Waals surface area contributed by atoms with Gasteiger partial charge in [-0.25, -0.2) is 5.06 Å². The number of halogens is 4. The minimum absolute atomic E-state index is 0.0250. The van der Waals surface area contributed by atoms with Crippen LogP contribution < -0.4 is 11.1 Å². The van der Waals surface area contributed by atoms with E-state index in [4.69, 9.17) is 27.0 Å². The number of amides is 2. The highest BCUT2D eigenvalue weighted by Crippen LogP contribution is 2.49. The van der Waals surface area contributed by atoms with Crippen LogP contribution >= 0.6 is 11.6 Å². The van der Waals surface area contributed by atoms with Gasteiger partial charge >= 0.3 is 6.18 Å². The minimum atomic E-state index is -4.81. The Morgan fingerprint density at radius 2 is 2.06 bits per heavy atom. The van der Waals surface area contributed by atoms with E-state index in [0.29, 0.717) is 17.7 Å². The minimum Gasteiger partial charge on any atom is -0.399 e. The van der Waals surface area contributed by atoms with Crippen molar-refractivity contribution in [2.24, 2.45) is 5.16 Å². The smallest absolute Gasteiger partial charge is 0.399 e. The van der Waals surface area contributed by atoms with Gasteiger partial charge in [0.1, 0.15) is 12.6 Å². The van der Waals surface area contributed by atoms with Crippen molar-refractivity contribution in [1.82, 2.24) is 10.4 Å². The topological polar surface area (TPSA) is 106 Å². The van der Waals surface area contributed by atoms with Gasteiger partial charge in [-0.2, -0.15) is 13.2 Å². The molecule has 4 rings (SSSR count). The fraction of sp³-hybridized carbons (Fsp3) is 0.348. The van der Waals surface area contributed by atoms with Crippen molar-refractivity contribution in [2.75, 3.05) is 18.9 Å². The number of hydroxylamine groups is 2. The molecule has 2 aromatic rings. The van der Waals surface area contributed by atoms with Crippen LogP contribution in [0.4, 0.5) is 18.9 Å². The highest BCUT2D eigenvalue weighted by atomic mass is 35.5. The van der Waals surface area contributed by atoms with Crippen molar-refractivity contribution in [2.45, 2.75) is 38.1 Å². The maximum Gasteiger partial charge on any atom is 0.435 e.